The molecule has 0 aromatic heterocycles. The van der Waals surface area contributed by atoms with Gasteiger partial charge in [-0.2, -0.15) is 0 Å². The van der Waals surface area contributed by atoms with Crippen LogP contribution < -0.4 is 11.1 Å². The Bertz CT molecular complexity index is 602. The highest BCUT2D eigenvalue weighted by atomic mass is 35.5. The first kappa shape index (κ1) is 17.9. The van der Waals surface area contributed by atoms with Crippen molar-refractivity contribution >= 4 is 27.3 Å². The van der Waals surface area contributed by atoms with E-state index in [0.717, 1.165) is 6.26 Å². The minimum absolute atomic E-state index is 0.00237. The van der Waals surface area contributed by atoms with Crippen LogP contribution in [-0.4, -0.2) is 32.4 Å². The van der Waals surface area contributed by atoms with Crippen molar-refractivity contribution in [2.75, 3.05) is 12.0 Å². The van der Waals surface area contributed by atoms with Gasteiger partial charge in [0.1, 0.15) is 15.7 Å². The van der Waals surface area contributed by atoms with Crippen LogP contribution >= 0.6 is 11.6 Å². The van der Waals surface area contributed by atoms with Crippen molar-refractivity contribution in [3.05, 3.63) is 34.6 Å². The van der Waals surface area contributed by atoms with Gasteiger partial charge in [-0.3, -0.25) is 4.79 Å². The monoisotopic (exact) mass is 336 g/mol. The Hall–Kier alpha value is -1.18. The molecular weight excluding hydrogens is 319 g/mol. The molecule has 0 aliphatic heterocycles. The number of nitrogens with one attached hydrogen (secondary N) is 1. The molecule has 0 spiro atoms. The Morgan fingerprint density at radius 2 is 2.10 bits per heavy atom. The highest BCUT2D eigenvalue weighted by molar-refractivity contribution is 7.90. The molecule has 1 amide bonds. The van der Waals surface area contributed by atoms with Crippen LogP contribution in [0.2, 0.25) is 5.02 Å². The summed E-state index contributed by atoms with van der Waals surface area (Å²) in [5.74, 6) is -1.26. The fraction of sp³-hybridized carbons (Fsp3) is 0.462. The summed E-state index contributed by atoms with van der Waals surface area (Å²) in [5, 5.41) is 2.73. The number of halogens is 2. The maximum Gasteiger partial charge on any atom is 0.237 e. The molecule has 1 aromatic rings. The first-order valence-corrected chi connectivity index (χ1v) is 8.73. The van der Waals surface area contributed by atoms with E-state index in [9.17, 15) is 17.6 Å². The Labute approximate surface area is 128 Å². The van der Waals surface area contributed by atoms with Crippen molar-refractivity contribution in [1.82, 2.24) is 5.32 Å². The molecule has 0 heterocycles. The number of hydrogen-bond acceptors (Lipinski definition) is 4. The predicted molar refractivity (Wildman–Crippen MR) is 80.3 cm³/mol. The number of hydrogen-bond donors (Lipinski definition) is 2. The van der Waals surface area contributed by atoms with Crippen LogP contribution in [0.15, 0.2) is 18.2 Å². The fourth-order valence-electron chi connectivity index (χ4n) is 1.79. The number of rotatable bonds is 6. The molecular formula is C13H18ClFN2O3S. The lowest BCUT2D eigenvalue weighted by Crippen LogP contribution is -2.42. The van der Waals surface area contributed by atoms with Crippen LogP contribution in [0, 0.1) is 5.82 Å². The molecule has 1 aromatic carbocycles. The van der Waals surface area contributed by atoms with Crippen molar-refractivity contribution in [1.29, 1.82) is 0 Å². The van der Waals surface area contributed by atoms with Crippen molar-refractivity contribution in [2.45, 2.75) is 25.4 Å². The van der Waals surface area contributed by atoms with E-state index in [2.05, 4.69) is 5.32 Å². The molecule has 0 saturated heterocycles. The number of nitrogens with two attached hydrogens (primary N) is 1. The summed E-state index contributed by atoms with van der Waals surface area (Å²) in [7, 11) is -3.19. The summed E-state index contributed by atoms with van der Waals surface area (Å²) >= 11 is 5.91. The van der Waals surface area contributed by atoms with Gasteiger partial charge in [0.25, 0.3) is 0 Å². The van der Waals surface area contributed by atoms with E-state index in [1.54, 1.807) is 6.92 Å². The van der Waals surface area contributed by atoms with Gasteiger partial charge < -0.3 is 11.1 Å². The third-order valence-electron chi connectivity index (χ3n) is 2.93. The molecule has 0 bridgehead atoms. The Morgan fingerprint density at radius 1 is 1.48 bits per heavy atom. The van der Waals surface area contributed by atoms with Gasteiger partial charge in [-0.25, -0.2) is 12.8 Å². The molecule has 21 heavy (non-hydrogen) atoms. The van der Waals surface area contributed by atoms with E-state index in [1.807, 2.05) is 0 Å². The van der Waals surface area contributed by atoms with Crippen molar-refractivity contribution < 1.29 is 17.6 Å². The molecule has 0 fully saturated rings. The Morgan fingerprint density at radius 3 is 2.62 bits per heavy atom. The minimum Gasteiger partial charge on any atom is -0.348 e. The average Bonchev–Trinajstić information content (AvgIpc) is 2.34. The standard InChI is InChI=1S/C13H18ClFN2O3S/c1-8(12-9(14)4-3-5-10(12)15)17-13(18)11(16)6-7-21(2,19)20/h3-5,8,11H,6-7,16H2,1-2H3,(H,17,18). The summed E-state index contributed by atoms with van der Waals surface area (Å²) < 4.78 is 35.8. The quantitative estimate of drug-likeness (QED) is 0.822. The molecule has 0 aliphatic rings. The van der Waals surface area contributed by atoms with E-state index in [-0.39, 0.29) is 22.8 Å². The Kier molecular flexibility index (Phi) is 6.12. The number of carbonyl (C=O) groups excluding carboxylic acids is 1. The smallest absolute Gasteiger partial charge is 0.237 e. The summed E-state index contributed by atoms with van der Waals surface area (Å²) in [6.07, 6.45) is 1.07. The summed E-state index contributed by atoms with van der Waals surface area (Å²) in [6, 6.07) is 2.58. The minimum atomic E-state index is -3.19. The SMILES string of the molecule is CC(NC(=O)C(N)CCS(C)(=O)=O)c1c(F)cccc1Cl. The third kappa shape index (κ3) is 5.61. The third-order valence-corrected chi connectivity index (χ3v) is 4.23. The molecule has 118 valence electrons. The van der Waals surface area contributed by atoms with Gasteiger partial charge in [-0.15, -0.1) is 0 Å². The molecule has 1 rings (SSSR count). The van der Waals surface area contributed by atoms with E-state index in [0.29, 0.717) is 0 Å². The van der Waals surface area contributed by atoms with Gasteiger partial charge in [0.15, 0.2) is 0 Å². The molecule has 0 saturated carbocycles. The second kappa shape index (κ2) is 7.20. The molecule has 5 nitrogen and oxygen atoms in total. The van der Waals surface area contributed by atoms with Gasteiger partial charge in [-0.05, 0) is 25.5 Å². The molecule has 0 aliphatic carbocycles. The largest absolute Gasteiger partial charge is 0.348 e. The molecule has 2 atom stereocenters. The highest BCUT2D eigenvalue weighted by Crippen LogP contribution is 2.25. The van der Waals surface area contributed by atoms with Crippen LogP contribution in [0.5, 0.6) is 0 Å². The van der Waals surface area contributed by atoms with E-state index in [4.69, 9.17) is 17.3 Å². The van der Waals surface area contributed by atoms with Gasteiger partial charge in [-0.1, -0.05) is 17.7 Å². The van der Waals surface area contributed by atoms with Gasteiger partial charge >= 0.3 is 0 Å². The van der Waals surface area contributed by atoms with Crippen molar-refractivity contribution in [2.24, 2.45) is 5.73 Å². The Balaban J connectivity index is 2.70. The maximum absolute atomic E-state index is 13.7. The fourth-order valence-corrected chi connectivity index (χ4v) is 2.80. The van der Waals surface area contributed by atoms with E-state index >= 15 is 0 Å². The first-order valence-electron chi connectivity index (χ1n) is 6.29. The van der Waals surface area contributed by atoms with E-state index in [1.165, 1.54) is 18.2 Å². The van der Waals surface area contributed by atoms with Crippen LogP contribution in [0.1, 0.15) is 24.9 Å². The number of benzene rings is 1. The molecule has 3 N–H and O–H groups in total. The maximum atomic E-state index is 13.7. The second-order valence-electron chi connectivity index (χ2n) is 4.89. The lowest BCUT2D eigenvalue weighted by Gasteiger charge is -2.19. The zero-order valence-corrected chi connectivity index (χ0v) is 13.3. The number of sulfone groups is 1. The predicted octanol–water partition coefficient (Wildman–Crippen LogP) is 1.42. The topological polar surface area (TPSA) is 89.3 Å². The van der Waals surface area contributed by atoms with Gasteiger partial charge in [0.05, 0.1) is 17.8 Å². The van der Waals surface area contributed by atoms with E-state index < -0.39 is 33.6 Å². The number of carbonyl (C=O) groups is 1. The van der Waals surface area contributed by atoms with Crippen LogP contribution in [-0.2, 0) is 14.6 Å². The normalized spacial score (nSPS) is 14.5. The molecule has 2 unspecified atom stereocenters. The zero-order valence-electron chi connectivity index (χ0n) is 11.8. The molecule has 0 radical (unpaired) electrons. The first-order chi connectivity index (χ1) is 9.61. The second-order valence-corrected chi connectivity index (χ2v) is 7.56. The zero-order chi connectivity index (χ0) is 16.2. The van der Waals surface area contributed by atoms with Crippen LogP contribution in [0.4, 0.5) is 4.39 Å². The summed E-state index contributed by atoms with van der Waals surface area (Å²) in [6.45, 7) is 1.57. The summed E-state index contributed by atoms with van der Waals surface area (Å²) in [5.41, 5.74) is 5.79. The van der Waals surface area contributed by atoms with Gasteiger partial charge in [0.2, 0.25) is 5.91 Å². The average molecular weight is 337 g/mol. The van der Waals surface area contributed by atoms with Crippen molar-refractivity contribution in [3.63, 3.8) is 0 Å². The van der Waals surface area contributed by atoms with Gasteiger partial charge in [0, 0.05) is 16.8 Å². The molecule has 8 heteroatoms. The lowest BCUT2D eigenvalue weighted by molar-refractivity contribution is -0.123. The van der Waals surface area contributed by atoms with Crippen LogP contribution in [0.25, 0.3) is 0 Å². The van der Waals surface area contributed by atoms with Crippen LogP contribution in [0.3, 0.4) is 0 Å². The van der Waals surface area contributed by atoms with Crippen molar-refractivity contribution in [3.8, 4) is 0 Å². The summed E-state index contributed by atoms with van der Waals surface area (Å²) in [4.78, 5) is 11.9. The highest BCUT2D eigenvalue weighted by Gasteiger charge is 2.21. The lowest BCUT2D eigenvalue weighted by atomic mass is 10.1. The number of amides is 1.